The highest BCUT2D eigenvalue weighted by molar-refractivity contribution is 7.99. The van der Waals surface area contributed by atoms with E-state index in [1.54, 1.807) is 23.9 Å². The second-order valence-electron chi connectivity index (χ2n) is 6.96. The first-order valence-corrected chi connectivity index (χ1v) is 10.6. The van der Waals surface area contributed by atoms with E-state index in [1.807, 2.05) is 30.3 Å². The molecule has 3 aromatic rings. The highest BCUT2D eigenvalue weighted by atomic mass is 32.2. The van der Waals surface area contributed by atoms with Gasteiger partial charge in [-0.05, 0) is 48.5 Å². The number of rotatable bonds is 5. The number of phenolic OH excluding ortho intramolecular Hbond substituents is 1. The Kier molecular flexibility index (Phi) is 5.90. The fraction of sp³-hybridized carbons (Fsp3) is 0.182. The minimum Gasteiger partial charge on any atom is -0.508 e. The molecular weight excluding hydrogens is 359 g/mol. The normalized spacial score (nSPS) is 12.6. The third kappa shape index (κ3) is 5.03. The van der Waals surface area contributed by atoms with Crippen LogP contribution in [0.15, 0.2) is 88.7 Å². The summed E-state index contributed by atoms with van der Waals surface area (Å²) < 4.78 is 6.41. The highest BCUT2D eigenvalue weighted by Crippen LogP contribution is 2.49. The lowest BCUT2D eigenvalue weighted by atomic mass is 10.3. The van der Waals surface area contributed by atoms with E-state index in [0.29, 0.717) is 0 Å². The zero-order valence-corrected chi connectivity index (χ0v) is 16.9. The molecule has 0 aliphatic rings. The number of hydrogen-bond donors (Lipinski definition) is 1. The molecule has 1 atom stereocenters. The van der Waals surface area contributed by atoms with E-state index in [2.05, 4.69) is 57.2 Å². The summed E-state index contributed by atoms with van der Waals surface area (Å²) in [5.41, 5.74) is 0. The highest BCUT2D eigenvalue weighted by Gasteiger charge is 2.29. The smallest absolute Gasteiger partial charge is 0.124 e. The van der Waals surface area contributed by atoms with Crippen LogP contribution >= 0.6 is 19.9 Å². The van der Waals surface area contributed by atoms with Gasteiger partial charge in [-0.15, -0.1) is 0 Å². The van der Waals surface area contributed by atoms with Gasteiger partial charge in [0.1, 0.15) is 19.6 Å². The SMILES string of the molecule is CC(C)(C)P(Oc1ccc(Sc2ccc(O)cc2)cc1)c1ccccc1. The lowest BCUT2D eigenvalue weighted by Crippen LogP contribution is -2.22. The average molecular weight is 382 g/mol. The van der Waals surface area contributed by atoms with Crippen LogP contribution in [0.1, 0.15) is 20.8 Å². The van der Waals surface area contributed by atoms with Crippen molar-refractivity contribution in [3.8, 4) is 11.5 Å². The Balaban J connectivity index is 1.74. The Morgan fingerprint density at radius 3 is 1.85 bits per heavy atom. The molecule has 2 nitrogen and oxygen atoms in total. The van der Waals surface area contributed by atoms with Crippen molar-refractivity contribution in [3.05, 3.63) is 78.9 Å². The van der Waals surface area contributed by atoms with E-state index in [4.69, 9.17) is 4.52 Å². The molecule has 0 spiro atoms. The summed E-state index contributed by atoms with van der Waals surface area (Å²) in [6.45, 7) is 6.67. The Morgan fingerprint density at radius 1 is 0.769 bits per heavy atom. The second kappa shape index (κ2) is 8.16. The second-order valence-corrected chi connectivity index (χ2v) is 10.7. The summed E-state index contributed by atoms with van der Waals surface area (Å²) in [6, 6.07) is 25.9. The van der Waals surface area contributed by atoms with E-state index in [9.17, 15) is 5.11 Å². The predicted molar refractivity (Wildman–Crippen MR) is 112 cm³/mol. The molecule has 0 aromatic heterocycles. The first kappa shape index (κ1) is 18.8. The first-order valence-electron chi connectivity index (χ1n) is 8.52. The topological polar surface area (TPSA) is 29.5 Å². The molecule has 3 aromatic carbocycles. The van der Waals surface area contributed by atoms with Crippen LogP contribution < -0.4 is 9.83 Å². The number of benzene rings is 3. The van der Waals surface area contributed by atoms with Crippen LogP contribution in [-0.4, -0.2) is 10.3 Å². The van der Waals surface area contributed by atoms with Crippen molar-refractivity contribution in [1.82, 2.24) is 0 Å². The van der Waals surface area contributed by atoms with Crippen molar-refractivity contribution < 1.29 is 9.63 Å². The van der Waals surface area contributed by atoms with Crippen molar-refractivity contribution in [3.63, 3.8) is 0 Å². The molecule has 0 saturated heterocycles. The number of phenols is 1. The van der Waals surface area contributed by atoms with Gasteiger partial charge in [-0.1, -0.05) is 62.9 Å². The third-order valence-electron chi connectivity index (χ3n) is 3.69. The summed E-state index contributed by atoms with van der Waals surface area (Å²) in [4.78, 5) is 2.24. The molecular formula is C22H23O2PS. The van der Waals surface area contributed by atoms with E-state index < -0.39 is 8.15 Å². The molecule has 0 fully saturated rings. The van der Waals surface area contributed by atoms with Crippen molar-refractivity contribution in [2.24, 2.45) is 0 Å². The maximum absolute atomic E-state index is 9.38. The summed E-state index contributed by atoms with van der Waals surface area (Å²) in [7, 11) is -0.769. The first-order chi connectivity index (χ1) is 12.4. The van der Waals surface area contributed by atoms with Gasteiger partial charge in [0, 0.05) is 20.3 Å². The van der Waals surface area contributed by atoms with Gasteiger partial charge >= 0.3 is 0 Å². The van der Waals surface area contributed by atoms with Crippen LogP contribution in [0.3, 0.4) is 0 Å². The molecule has 134 valence electrons. The monoisotopic (exact) mass is 382 g/mol. The fourth-order valence-corrected chi connectivity index (χ4v) is 5.21. The Morgan fingerprint density at radius 2 is 1.31 bits per heavy atom. The van der Waals surface area contributed by atoms with Gasteiger partial charge in [0.25, 0.3) is 0 Å². The summed E-state index contributed by atoms with van der Waals surface area (Å²) in [6.07, 6.45) is 0. The average Bonchev–Trinajstić information content (AvgIpc) is 2.63. The Bertz CT molecular complexity index is 825. The molecule has 0 aliphatic heterocycles. The Labute approximate surface area is 161 Å². The molecule has 3 rings (SSSR count). The van der Waals surface area contributed by atoms with E-state index >= 15 is 0 Å². The van der Waals surface area contributed by atoms with E-state index in [-0.39, 0.29) is 10.9 Å². The summed E-state index contributed by atoms with van der Waals surface area (Å²) in [5, 5.41) is 10.7. The van der Waals surface area contributed by atoms with Crippen molar-refractivity contribution in [1.29, 1.82) is 0 Å². The van der Waals surface area contributed by atoms with Gasteiger partial charge in [-0.3, -0.25) is 0 Å². The molecule has 1 N–H and O–H groups in total. The lowest BCUT2D eigenvalue weighted by Gasteiger charge is -2.30. The maximum atomic E-state index is 9.38. The molecule has 0 amide bonds. The zero-order valence-electron chi connectivity index (χ0n) is 15.2. The predicted octanol–water partition coefficient (Wildman–Crippen LogP) is 6.44. The Hall–Kier alpha value is -1.96. The van der Waals surface area contributed by atoms with Crippen LogP contribution in [0.25, 0.3) is 0 Å². The van der Waals surface area contributed by atoms with Crippen LogP contribution in [0.4, 0.5) is 0 Å². The largest absolute Gasteiger partial charge is 0.508 e. The van der Waals surface area contributed by atoms with Crippen molar-refractivity contribution in [2.45, 2.75) is 35.7 Å². The lowest BCUT2D eigenvalue weighted by molar-refractivity contribution is 0.475. The van der Waals surface area contributed by atoms with Gasteiger partial charge < -0.3 is 9.63 Å². The maximum Gasteiger partial charge on any atom is 0.124 e. The molecule has 0 saturated carbocycles. The van der Waals surface area contributed by atoms with E-state index in [0.717, 1.165) is 15.5 Å². The standard InChI is InChI=1S/C22H23O2PS/c1-22(2,3)25(19-7-5-4-6-8-19)24-18-11-15-21(16-12-18)26-20-13-9-17(23)10-14-20/h4-16,23H,1-3H3. The number of hydrogen-bond acceptors (Lipinski definition) is 3. The zero-order chi connectivity index (χ0) is 18.6. The van der Waals surface area contributed by atoms with Crippen molar-refractivity contribution in [2.75, 3.05) is 0 Å². The van der Waals surface area contributed by atoms with Crippen LogP contribution in [-0.2, 0) is 0 Å². The van der Waals surface area contributed by atoms with Crippen LogP contribution in [0, 0.1) is 0 Å². The third-order valence-corrected chi connectivity index (χ3v) is 7.09. The summed E-state index contributed by atoms with van der Waals surface area (Å²) >= 11 is 1.66. The number of aromatic hydroxyl groups is 1. The van der Waals surface area contributed by atoms with Crippen LogP contribution in [0.5, 0.6) is 11.5 Å². The van der Waals surface area contributed by atoms with Gasteiger partial charge in [0.05, 0.1) is 0 Å². The minimum atomic E-state index is -0.769. The fourth-order valence-electron chi connectivity index (χ4n) is 2.46. The molecule has 4 heteroatoms. The van der Waals surface area contributed by atoms with Crippen molar-refractivity contribution >= 4 is 25.2 Å². The molecule has 0 bridgehead atoms. The van der Waals surface area contributed by atoms with E-state index in [1.165, 1.54) is 5.30 Å². The molecule has 0 radical (unpaired) electrons. The summed E-state index contributed by atoms with van der Waals surface area (Å²) in [5.74, 6) is 1.18. The van der Waals surface area contributed by atoms with Gasteiger partial charge in [-0.25, -0.2) is 0 Å². The quantitative estimate of drug-likeness (QED) is 0.515. The minimum absolute atomic E-state index is 0.0517. The molecule has 0 aliphatic carbocycles. The van der Waals surface area contributed by atoms with Crippen LogP contribution in [0.2, 0.25) is 0 Å². The molecule has 1 unspecified atom stereocenters. The molecule has 26 heavy (non-hydrogen) atoms. The molecule has 0 heterocycles. The van der Waals surface area contributed by atoms with Gasteiger partial charge in [-0.2, -0.15) is 0 Å². The van der Waals surface area contributed by atoms with Gasteiger partial charge in [0.15, 0.2) is 0 Å². The van der Waals surface area contributed by atoms with Gasteiger partial charge in [0.2, 0.25) is 0 Å².